The quantitative estimate of drug-likeness (QED) is 0.545. The van der Waals surface area contributed by atoms with Crippen LogP contribution in [0.25, 0.3) is 0 Å². The maximum Gasteiger partial charge on any atom is 0.257 e. The molecule has 1 amide bonds. The van der Waals surface area contributed by atoms with Gasteiger partial charge in [-0.2, -0.15) is 9.29 Å². The summed E-state index contributed by atoms with van der Waals surface area (Å²) >= 11 is 0. The van der Waals surface area contributed by atoms with Crippen LogP contribution in [0.1, 0.15) is 33.2 Å². The highest BCUT2D eigenvalue weighted by Crippen LogP contribution is 2.25. The first-order valence-corrected chi connectivity index (χ1v) is 12.1. The summed E-state index contributed by atoms with van der Waals surface area (Å²) in [7, 11) is -3.62. The van der Waals surface area contributed by atoms with Crippen LogP contribution in [0.2, 0.25) is 0 Å². The second kappa shape index (κ2) is 9.32. The molecule has 0 aliphatic carbocycles. The smallest absolute Gasteiger partial charge is 0.257 e. The van der Waals surface area contributed by atoms with Crippen molar-refractivity contribution in [1.82, 2.24) is 19.3 Å². The minimum absolute atomic E-state index is 0.0730. The average Bonchev–Trinajstić information content (AvgIpc) is 3.22. The molecule has 0 radical (unpaired) electrons. The highest BCUT2D eigenvalue weighted by atomic mass is 32.2. The van der Waals surface area contributed by atoms with Crippen molar-refractivity contribution in [2.24, 2.45) is 0 Å². The van der Waals surface area contributed by atoms with Crippen molar-refractivity contribution in [3.63, 3.8) is 0 Å². The number of aryl methyl sites for hydroxylation is 3. The van der Waals surface area contributed by atoms with Gasteiger partial charge in [0.2, 0.25) is 21.7 Å². The summed E-state index contributed by atoms with van der Waals surface area (Å²) in [6, 6.07) is 12.3. The third kappa shape index (κ3) is 4.91. The van der Waals surface area contributed by atoms with Crippen molar-refractivity contribution < 1.29 is 22.5 Å². The summed E-state index contributed by atoms with van der Waals surface area (Å²) in [5, 5.41) is 3.79. The third-order valence-corrected chi connectivity index (χ3v) is 7.58. The number of sulfonamides is 1. The first-order chi connectivity index (χ1) is 15.8. The number of hydrogen-bond acceptors (Lipinski definition) is 7. The number of nitrogens with zero attached hydrogens (tertiary/aromatic N) is 4. The van der Waals surface area contributed by atoms with Gasteiger partial charge in [0.15, 0.2) is 6.61 Å². The Bertz CT molecular complexity index is 1260. The minimum Gasteiger partial charge on any atom is -0.485 e. The zero-order chi connectivity index (χ0) is 23.6. The zero-order valence-electron chi connectivity index (χ0n) is 18.8. The number of amides is 1. The summed E-state index contributed by atoms with van der Waals surface area (Å²) < 4.78 is 38.4. The zero-order valence-corrected chi connectivity index (χ0v) is 19.6. The highest BCUT2D eigenvalue weighted by molar-refractivity contribution is 7.89. The largest absolute Gasteiger partial charge is 0.485 e. The predicted octanol–water partition coefficient (Wildman–Crippen LogP) is 2.72. The Morgan fingerprint density at radius 2 is 1.79 bits per heavy atom. The molecule has 0 atom stereocenters. The Morgan fingerprint density at radius 3 is 2.45 bits per heavy atom. The summed E-state index contributed by atoms with van der Waals surface area (Å²) in [5.74, 6) is 1.03. The van der Waals surface area contributed by atoms with E-state index in [0.29, 0.717) is 41.0 Å². The van der Waals surface area contributed by atoms with Crippen LogP contribution in [-0.4, -0.2) is 59.8 Å². The Hall–Kier alpha value is -3.24. The number of carbonyl (C=O) groups excluding carboxylic acids is 1. The predicted molar refractivity (Wildman–Crippen MR) is 120 cm³/mol. The maximum absolute atomic E-state index is 13.2. The molecule has 174 valence electrons. The molecule has 10 heteroatoms. The number of piperazine rings is 1. The number of para-hydroxylation sites is 1. The Balaban J connectivity index is 1.43. The van der Waals surface area contributed by atoms with Crippen molar-refractivity contribution in [2.45, 2.75) is 32.3 Å². The van der Waals surface area contributed by atoms with Crippen LogP contribution in [0, 0.1) is 20.8 Å². The molecule has 0 spiro atoms. The first-order valence-electron chi connectivity index (χ1n) is 10.6. The number of benzene rings is 2. The average molecular weight is 471 g/mol. The monoisotopic (exact) mass is 470 g/mol. The molecule has 1 fully saturated rings. The van der Waals surface area contributed by atoms with E-state index >= 15 is 0 Å². The first kappa shape index (κ1) is 22.9. The van der Waals surface area contributed by atoms with E-state index in [4.69, 9.17) is 9.26 Å². The molecule has 1 aliphatic rings. The van der Waals surface area contributed by atoms with Gasteiger partial charge in [0, 0.05) is 33.1 Å². The van der Waals surface area contributed by atoms with Gasteiger partial charge in [0.1, 0.15) is 5.75 Å². The molecule has 2 heterocycles. The van der Waals surface area contributed by atoms with E-state index in [1.54, 1.807) is 55.1 Å². The maximum atomic E-state index is 13.2. The van der Waals surface area contributed by atoms with Gasteiger partial charge in [-0.25, -0.2) is 8.42 Å². The molecule has 9 nitrogen and oxygen atoms in total. The SMILES string of the molecule is Cc1ccc(S(=O)(=O)N2CCN(C(=O)c3ccccc3OCc3noc(C)n3)CC2)c(C)c1. The lowest BCUT2D eigenvalue weighted by Crippen LogP contribution is -2.50. The van der Waals surface area contributed by atoms with Crippen LogP contribution in [0.5, 0.6) is 5.75 Å². The summed E-state index contributed by atoms with van der Waals surface area (Å²) in [5.41, 5.74) is 2.14. The molecule has 3 aromatic rings. The lowest BCUT2D eigenvalue weighted by atomic mass is 10.1. The van der Waals surface area contributed by atoms with Crippen LogP contribution in [-0.2, 0) is 16.6 Å². The number of hydrogen-bond donors (Lipinski definition) is 0. The fourth-order valence-electron chi connectivity index (χ4n) is 3.84. The van der Waals surface area contributed by atoms with Gasteiger partial charge in [-0.15, -0.1) is 0 Å². The Kier molecular flexibility index (Phi) is 6.48. The van der Waals surface area contributed by atoms with Crippen LogP contribution >= 0.6 is 0 Å². The topological polar surface area (TPSA) is 106 Å². The fourth-order valence-corrected chi connectivity index (χ4v) is 5.47. The van der Waals surface area contributed by atoms with Crippen molar-refractivity contribution in [3.05, 3.63) is 70.9 Å². The van der Waals surface area contributed by atoms with E-state index in [-0.39, 0.29) is 25.6 Å². The molecule has 0 N–H and O–H groups in total. The van der Waals surface area contributed by atoms with Crippen molar-refractivity contribution in [2.75, 3.05) is 26.2 Å². The molecule has 0 bridgehead atoms. The molecule has 1 saturated heterocycles. The van der Waals surface area contributed by atoms with Gasteiger partial charge in [-0.3, -0.25) is 4.79 Å². The standard InChI is InChI=1S/C23H26N4O5S/c1-16-8-9-21(17(2)14-16)33(29,30)27-12-10-26(11-13-27)23(28)19-6-4-5-7-20(19)31-15-22-24-18(3)32-25-22/h4-9,14H,10-13,15H2,1-3H3. The lowest BCUT2D eigenvalue weighted by Gasteiger charge is -2.34. The molecular formula is C23H26N4O5S. The molecule has 4 rings (SSSR count). The molecule has 33 heavy (non-hydrogen) atoms. The van der Waals surface area contributed by atoms with Crippen LogP contribution in [0.3, 0.4) is 0 Å². The number of carbonyl (C=O) groups is 1. The van der Waals surface area contributed by atoms with Crippen LogP contribution in [0.15, 0.2) is 51.9 Å². The molecule has 2 aromatic carbocycles. The van der Waals surface area contributed by atoms with Gasteiger partial charge in [0.25, 0.3) is 5.91 Å². The molecule has 0 saturated carbocycles. The molecule has 1 aromatic heterocycles. The summed E-state index contributed by atoms with van der Waals surface area (Å²) in [6.07, 6.45) is 0. The Morgan fingerprint density at radius 1 is 1.06 bits per heavy atom. The van der Waals surface area contributed by atoms with Gasteiger partial charge in [-0.05, 0) is 37.6 Å². The fraction of sp³-hybridized carbons (Fsp3) is 0.348. The van der Waals surface area contributed by atoms with Crippen LogP contribution < -0.4 is 4.74 Å². The number of aromatic nitrogens is 2. The number of ether oxygens (including phenoxy) is 1. The van der Waals surface area contributed by atoms with E-state index in [1.807, 2.05) is 13.0 Å². The molecular weight excluding hydrogens is 444 g/mol. The van der Waals surface area contributed by atoms with E-state index in [2.05, 4.69) is 10.1 Å². The van der Waals surface area contributed by atoms with E-state index in [1.165, 1.54) is 4.31 Å². The van der Waals surface area contributed by atoms with E-state index in [9.17, 15) is 13.2 Å². The number of rotatable bonds is 6. The van der Waals surface area contributed by atoms with Gasteiger partial charge in [-0.1, -0.05) is 35.0 Å². The summed E-state index contributed by atoms with van der Waals surface area (Å²) in [4.78, 5) is 19.2. The van der Waals surface area contributed by atoms with Crippen molar-refractivity contribution in [1.29, 1.82) is 0 Å². The lowest BCUT2D eigenvalue weighted by molar-refractivity contribution is 0.0693. The molecule has 0 unspecified atom stereocenters. The normalized spacial score (nSPS) is 14.9. The third-order valence-electron chi connectivity index (χ3n) is 5.52. The highest BCUT2D eigenvalue weighted by Gasteiger charge is 2.32. The Labute approximate surface area is 193 Å². The van der Waals surface area contributed by atoms with Crippen molar-refractivity contribution in [3.8, 4) is 5.75 Å². The van der Waals surface area contributed by atoms with Gasteiger partial charge in [0.05, 0.1) is 10.5 Å². The second-order valence-corrected chi connectivity index (χ2v) is 9.89. The van der Waals surface area contributed by atoms with E-state index in [0.717, 1.165) is 11.1 Å². The van der Waals surface area contributed by atoms with Crippen molar-refractivity contribution >= 4 is 15.9 Å². The van der Waals surface area contributed by atoms with E-state index < -0.39 is 10.0 Å². The van der Waals surface area contributed by atoms with Crippen LogP contribution in [0.4, 0.5) is 0 Å². The minimum atomic E-state index is -3.62. The summed E-state index contributed by atoms with van der Waals surface area (Å²) in [6.45, 7) is 6.53. The molecule has 1 aliphatic heterocycles. The van der Waals surface area contributed by atoms with Gasteiger partial charge < -0.3 is 14.2 Å². The second-order valence-electron chi connectivity index (χ2n) is 7.98. The van der Waals surface area contributed by atoms with Gasteiger partial charge >= 0.3 is 0 Å².